The van der Waals surface area contributed by atoms with Crippen LogP contribution in [0, 0.1) is 5.92 Å². The number of rotatable bonds is 26. The minimum atomic E-state index is -0.473. The Hall–Kier alpha value is -12.0. The Kier molecular flexibility index (Phi) is 39.1. The minimum Gasteiger partial charge on any atom is -0.508 e. The van der Waals surface area contributed by atoms with Crippen molar-refractivity contribution in [1.29, 1.82) is 0 Å². The number of carbonyl (C=O) groups excluding carboxylic acids is 6. The van der Waals surface area contributed by atoms with Gasteiger partial charge in [0.05, 0.1) is 60.6 Å². The predicted octanol–water partition coefficient (Wildman–Crippen LogP) is 22.2. The summed E-state index contributed by atoms with van der Waals surface area (Å²) < 4.78 is 79.1. The van der Waals surface area contributed by atoms with E-state index in [-0.39, 0.29) is 122 Å². The second kappa shape index (κ2) is 51.8. The van der Waals surface area contributed by atoms with E-state index in [2.05, 4.69) is 83.1 Å². The van der Waals surface area contributed by atoms with Gasteiger partial charge in [-0.2, -0.15) is 0 Å². The van der Waals surface area contributed by atoms with E-state index in [1.165, 1.54) is 31.7 Å². The van der Waals surface area contributed by atoms with Gasteiger partial charge >= 0.3 is 43.3 Å². The molecule has 37 heteroatoms. The van der Waals surface area contributed by atoms with Crippen molar-refractivity contribution in [2.24, 2.45) is 11.1 Å². The molecule has 2 saturated heterocycles. The van der Waals surface area contributed by atoms with Gasteiger partial charge in [0.1, 0.15) is 46.8 Å². The van der Waals surface area contributed by atoms with E-state index in [0.29, 0.717) is 71.0 Å². The second-order valence-corrected chi connectivity index (χ2v) is 39.4. The number of carbonyl (C=O) groups is 6. The van der Waals surface area contributed by atoms with Crippen LogP contribution in [0.15, 0.2) is 218 Å². The molecule has 0 spiro atoms. The number of hydrogen-bond donors (Lipinski definition) is 2. The Labute approximate surface area is 852 Å². The first-order valence-corrected chi connectivity index (χ1v) is 50.6. The van der Waals surface area contributed by atoms with Crippen LogP contribution in [-0.4, -0.2) is 199 Å². The van der Waals surface area contributed by atoms with E-state index in [0.717, 1.165) is 186 Å². The molecule has 0 radical (unpaired) electrons. The number of ether oxygens (including phenoxy) is 7. The lowest BCUT2D eigenvalue weighted by Crippen LogP contribution is -2.41. The number of phenols is 1. The number of benzene rings is 6. The molecule has 0 bridgehead atoms. The zero-order valence-electron chi connectivity index (χ0n) is 81.9. The number of esters is 3. The van der Waals surface area contributed by atoms with Crippen molar-refractivity contribution in [3.05, 3.63) is 225 Å². The summed E-state index contributed by atoms with van der Waals surface area (Å²) in [5.74, 6) is 1.14. The molecular formula is C105H124BBr3N10O23. The van der Waals surface area contributed by atoms with Gasteiger partial charge in [-0.25, -0.2) is 38.9 Å². The van der Waals surface area contributed by atoms with E-state index in [4.69, 9.17) is 74.7 Å². The Bertz CT molecular complexity index is 5870. The first kappa shape index (κ1) is 107. The monoisotopic (exact) mass is 2140 g/mol. The van der Waals surface area contributed by atoms with Crippen LogP contribution >= 0.6 is 47.8 Å². The summed E-state index contributed by atoms with van der Waals surface area (Å²) in [7, 11) is 4.95. The van der Waals surface area contributed by atoms with Crippen molar-refractivity contribution in [3.8, 4) is 67.5 Å². The maximum Gasteiger partial charge on any atom is 0.494 e. The van der Waals surface area contributed by atoms with Crippen LogP contribution < -0.4 is 10.2 Å². The fraction of sp³-hybridized carbons (Fsp3) is 0.448. The zero-order chi connectivity index (χ0) is 101. The van der Waals surface area contributed by atoms with E-state index < -0.39 is 19.1 Å². The second-order valence-electron chi connectivity index (χ2n) is 36.7. The van der Waals surface area contributed by atoms with Crippen molar-refractivity contribution in [2.75, 3.05) is 47.4 Å². The normalized spacial score (nSPS) is 18.0. The van der Waals surface area contributed by atoms with E-state index in [1.807, 2.05) is 163 Å². The zero-order valence-corrected chi connectivity index (χ0v) is 86.7. The van der Waals surface area contributed by atoms with Crippen LogP contribution in [0.25, 0.3) is 56.0 Å². The van der Waals surface area contributed by atoms with Crippen molar-refractivity contribution >= 4 is 102 Å². The third-order valence-electron chi connectivity index (χ3n) is 26.2. The number of halogens is 3. The van der Waals surface area contributed by atoms with Crippen molar-refractivity contribution in [3.63, 3.8) is 0 Å². The molecule has 18 rings (SSSR count). The maximum absolute atomic E-state index is 12.4. The summed E-state index contributed by atoms with van der Waals surface area (Å²) in [6.07, 6.45) is 24.5. The van der Waals surface area contributed by atoms with Gasteiger partial charge in [0.25, 0.3) is 0 Å². The Morgan fingerprint density at radius 2 is 0.915 bits per heavy atom. The summed E-state index contributed by atoms with van der Waals surface area (Å²) in [5, 5.41) is 29.8. The lowest BCUT2D eigenvalue weighted by atomic mass is 9.79. The number of aromatic hydroxyl groups is 1. The number of aromatic nitrogens is 5. The molecule has 11 aromatic rings. The highest BCUT2D eigenvalue weighted by Crippen LogP contribution is 2.40. The lowest BCUT2D eigenvalue weighted by Gasteiger charge is -2.32. The topological polar surface area (TPSA) is 391 Å². The van der Waals surface area contributed by atoms with Gasteiger partial charge in [0.15, 0.2) is 73.9 Å². The average Bonchev–Trinajstić information content (AvgIpc) is 1.47. The van der Waals surface area contributed by atoms with E-state index >= 15 is 0 Å². The Balaban J connectivity index is 0.000000147. The Morgan fingerprint density at radius 3 is 1.37 bits per heavy atom. The van der Waals surface area contributed by atoms with Gasteiger partial charge in [-0.15, -0.1) is 0 Å². The molecule has 4 saturated carbocycles. The average molecular weight is 2140 g/mol. The number of likely N-dealkylation sites (tertiary alicyclic amines) is 1. The molecule has 3 aliphatic heterocycles. The smallest absolute Gasteiger partial charge is 0.494 e. The minimum absolute atomic E-state index is 0.0156. The highest BCUT2D eigenvalue weighted by molar-refractivity contribution is 9.11. The Morgan fingerprint density at radius 1 is 0.500 bits per heavy atom. The fourth-order valence-electron chi connectivity index (χ4n) is 17.6. The van der Waals surface area contributed by atoms with Crippen LogP contribution in [-0.2, 0) is 78.6 Å². The molecule has 33 nitrogen and oxygen atoms in total. The molecule has 6 aromatic carbocycles. The van der Waals surface area contributed by atoms with Gasteiger partial charge < -0.3 is 94.5 Å². The molecule has 8 heterocycles. The molecule has 3 amide bonds. The third-order valence-corrected chi connectivity index (χ3v) is 27.8. The maximum atomic E-state index is 12.4. The quantitative estimate of drug-likeness (QED) is 0.0289. The molecule has 756 valence electrons. The molecule has 4 atom stereocenters. The van der Waals surface area contributed by atoms with Gasteiger partial charge in [-0.1, -0.05) is 162 Å². The van der Waals surface area contributed by atoms with Crippen LogP contribution in [0.1, 0.15) is 216 Å². The highest BCUT2D eigenvalue weighted by atomic mass is 79.9. The molecular weight excluding hydrogens is 2020 g/mol. The van der Waals surface area contributed by atoms with Crippen molar-refractivity contribution < 1.29 is 109 Å². The number of oxazole rings is 3. The molecule has 4 aliphatic carbocycles. The molecule has 6 fully saturated rings. The number of amides is 3. The first-order chi connectivity index (χ1) is 68.5. The molecule has 7 aliphatic rings. The number of aliphatic hydroxyl groups excluding tert-OH is 1. The number of phenolic OH excluding ortho intramolecular Hbond substituents is 1. The summed E-state index contributed by atoms with van der Waals surface area (Å²) in [6.45, 7) is 18.0. The van der Waals surface area contributed by atoms with Gasteiger partial charge in [0, 0.05) is 88.0 Å². The van der Waals surface area contributed by atoms with Crippen molar-refractivity contribution in [2.45, 2.75) is 251 Å². The summed E-state index contributed by atoms with van der Waals surface area (Å²) in [6, 6.07) is 46.1. The molecule has 2 N–H and O–H groups in total. The van der Waals surface area contributed by atoms with Gasteiger partial charge in [-0.3, -0.25) is 9.69 Å². The largest absolute Gasteiger partial charge is 0.508 e. The third kappa shape index (κ3) is 29.0. The molecule has 142 heavy (non-hydrogen) atoms. The first-order valence-electron chi connectivity index (χ1n) is 48.2. The predicted molar refractivity (Wildman–Crippen MR) is 539 cm³/mol. The number of oxime groups is 1. The summed E-state index contributed by atoms with van der Waals surface area (Å²) in [4.78, 5) is 98.8. The van der Waals surface area contributed by atoms with Crippen LogP contribution in [0.4, 0.5) is 14.4 Å². The van der Waals surface area contributed by atoms with Gasteiger partial charge in [-0.05, 0) is 240 Å². The number of aliphatic hydroxyl groups is 1. The van der Waals surface area contributed by atoms with Gasteiger partial charge in [0.2, 0.25) is 0 Å². The summed E-state index contributed by atoms with van der Waals surface area (Å²) >= 11 is 10.1. The molecule has 5 aromatic heterocycles. The lowest BCUT2D eigenvalue weighted by molar-refractivity contribution is -0.154. The van der Waals surface area contributed by atoms with E-state index in [1.54, 1.807) is 74.0 Å². The summed E-state index contributed by atoms with van der Waals surface area (Å²) in [5.41, 5.74) is 10.1. The fourth-order valence-corrected chi connectivity index (χ4v) is 18.4. The van der Waals surface area contributed by atoms with Crippen molar-refractivity contribution in [1.82, 2.24) is 44.9 Å². The number of nitrogens with zero attached hydrogens (tertiary/aromatic N) is 10. The van der Waals surface area contributed by atoms with Crippen LogP contribution in [0.2, 0.25) is 0 Å². The van der Waals surface area contributed by atoms with Crippen LogP contribution in [0.5, 0.6) is 11.5 Å². The highest BCUT2D eigenvalue weighted by Gasteiger charge is 2.52. The number of hydrogen-bond acceptors (Lipinski definition) is 30. The van der Waals surface area contributed by atoms with Crippen LogP contribution in [0.3, 0.4) is 0 Å². The van der Waals surface area contributed by atoms with E-state index in [9.17, 15) is 33.9 Å². The SMILES string of the molecule is CC(C)OC(=O)[C@H]1CCC[C@H](Oc2ccc(-c3ncoc3COC(=O)N(C)C3CCCC3)cc2)C1.CCOC(=O)C1=NOC(N2CCCC2)C1c1ccc(Br)cc1.CCOC(=O)c1nocc1-c1ccc(Br)cc1.CN(C(=O)OCc1ocnc1-c1ccc(B2OC(C)(C)C(C)(C)O2)cc1)C1CCCC1.CN(C(=O)OCc1ocnc1-c1ccc(O)cc1)C1CCCC1.OCc1nocc1-c1ccc(Br)cc1. The molecule has 2 unspecified atom stereocenters. The standard InChI is InChI=1S/C27H36N2O6.C23H31BN2O5.C17H20N2O4.C16H19BrN2O3.C12H10BrNO3.C10H8BrNO2/c1-18(2)34-26(30)20-7-6-10-23(15-20)35-22-13-11-19(12-14-22)25-24(33-17-28-25)16-32-27(31)29(3)21-8-4-5-9-21;1-22(2)23(3,4)31-24(30-22)17-12-10-16(11-13-17)20-19(29-15-25-20)14-28-21(27)26(5)18-8-6-7-9-18;1-19(13-4-2-3-5-13)17(21)22-10-15-16(18-11-23-15)12-6-8-14(20)9-7-12;1-2-21-16(20)14-13(11-5-7-12(17)8-6-11)15(22-18-14)19-9-3-4-10-19;1-2-16-12(15)11-10(7-17-14-11)8-3-5-9(13)6-4-8;11-8-3-1-7(2-4-8)9-6-14-12-10(9)5-13/h11-14,17-18,20-21,23H,4-10,15-16H2,1-3H3;10-13,15,18H,6-9,14H2,1-5H3;6-9,11,13,20H,2-5,10H2,1H3;5-8,13,15H,2-4,9-10H2,1H3;3-7H,2H2,1H3;1-4,6,13H,5H2/t20-,23-;;;;;/m0...../s1.